The van der Waals surface area contributed by atoms with Crippen molar-refractivity contribution in [3.05, 3.63) is 34.9 Å². The van der Waals surface area contributed by atoms with Crippen LogP contribution in [0.2, 0.25) is 5.02 Å². The first-order chi connectivity index (χ1) is 9.63. The molecule has 2 atom stereocenters. The molecule has 1 heterocycles. The van der Waals surface area contributed by atoms with Gasteiger partial charge in [0.25, 0.3) is 0 Å². The fourth-order valence-electron chi connectivity index (χ4n) is 3.14. The molecule has 2 unspecified atom stereocenters. The number of likely N-dealkylation sites (tertiary alicyclic amines) is 1. The third-order valence-electron chi connectivity index (χ3n) is 4.10. The highest BCUT2D eigenvalue weighted by Crippen LogP contribution is 2.31. The van der Waals surface area contributed by atoms with Crippen LogP contribution in [0.1, 0.15) is 50.6 Å². The maximum Gasteiger partial charge on any atom is 0.320 e. The molecule has 0 saturated carbocycles. The number of aliphatic carboxylic acids is 1. The van der Waals surface area contributed by atoms with E-state index in [1.165, 1.54) is 0 Å². The number of rotatable bonds is 4. The zero-order valence-corrected chi connectivity index (χ0v) is 12.6. The summed E-state index contributed by atoms with van der Waals surface area (Å²) in [5.74, 6) is -0.702. The highest BCUT2D eigenvalue weighted by molar-refractivity contribution is 6.30. The van der Waals surface area contributed by atoms with E-state index >= 15 is 0 Å². The minimum atomic E-state index is -0.702. The summed E-state index contributed by atoms with van der Waals surface area (Å²) in [6.45, 7) is 2.96. The molecule has 4 heteroatoms. The van der Waals surface area contributed by atoms with Gasteiger partial charge in [0.15, 0.2) is 0 Å². The lowest BCUT2D eigenvalue weighted by Gasteiger charge is -2.34. The molecular formula is C16H22ClNO2. The van der Waals surface area contributed by atoms with Gasteiger partial charge in [-0.1, -0.05) is 43.5 Å². The lowest BCUT2D eigenvalue weighted by atomic mass is 10.00. The summed E-state index contributed by atoms with van der Waals surface area (Å²) in [4.78, 5) is 13.7. The molecule has 20 heavy (non-hydrogen) atoms. The fraction of sp³-hybridized carbons (Fsp3) is 0.562. The second-order valence-electron chi connectivity index (χ2n) is 5.42. The molecule has 0 aliphatic carbocycles. The van der Waals surface area contributed by atoms with Gasteiger partial charge in [0.2, 0.25) is 0 Å². The van der Waals surface area contributed by atoms with Crippen LogP contribution >= 0.6 is 11.6 Å². The van der Waals surface area contributed by atoms with Gasteiger partial charge in [-0.3, -0.25) is 9.69 Å². The zero-order chi connectivity index (χ0) is 14.5. The van der Waals surface area contributed by atoms with Gasteiger partial charge in [-0.25, -0.2) is 0 Å². The highest BCUT2D eigenvalue weighted by Gasteiger charge is 2.32. The van der Waals surface area contributed by atoms with Gasteiger partial charge in [0.05, 0.1) is 0 Å². The first-order valence-corrected chi connectivity index (χ1v) is 7.75. The van der Waals surface area contributed by atoms with Crippen molar-refractivity contribution in [1.29, 1.82) is 0 Å². The Morgan fingerprint density at radius 1 is 1.45 bits per heavy atom. The van der Waals surface area contributed by atoms with Crippen LogP contribution in [-0.4, -0.2) is 28.6 Å². The molecule has 1 fully saturated rings. The van der Waals surface area contributed by atoms with E-state index in [2.05, 4.69) is 11.8 Å². The average Bonchev–Trinajstić information content (AvgIpc) is 2.66. The second kappa shape index (κ2) is 7.09. The molecule has 0 radical (unpaired) electrons. The van der Waals surface area contributed by atoms with E-state index in [0.717, 1.165) is 44.2 Å². The molecule has 1 aliphatic rings. The first-order valence-electron chi connectivity index (χ1n) is 7.37. The maximum absolute atomic E-state index is 11.6. The number of carboxylic acids is 1. The van der Waals surface area contributed by atoms with Gasteiger partial charge in [0.1, 0.15) is 6.04 Å². The standard InChI is InChI=1S/C16H22ClNO2/c1-2-14(12-7-6-8-13(17)11-12)18-10-5-3-4-9-15(18)16(19)20/h6-8,11,14-15H,2-5,9-10H2,1H3,(H,19,20). The van der Waals surface area contributed by atoms with E-state index in [4.69, 9.17) is 11.6 Å². The van der Waals surface area contributed by atoms with Crippen molar-refractivity contribution >= 4 is 17.6 Å². The monoisotopic (exact) mass is 295 g/mol. The van der Waals surface area contributed by atoms with Crippen molar-refractivity contribution in [3.63, 3.8) is 0 Å². The van der Waals surface area contributed by atoms with Gasteiger partial charge in [-0.15, -0.1) is 0 Å². The number of benzene rings is 1. The molecule has 0 spiro atoms. The van der Waals surface area contributed by atoms with Crippen LogP contribution in [0.15, 0.2) is 24.3 Å². The molecule has 1 saturated heterocycles. The molecule has 1 N–H and O–H groups in total. The Labute approximate surface area is 125 Å². The van der Waals surface area contributed by atoms with Crippen molar-refractivity contribution in [1.82, 2.24) is 4.90 Å². The predicted octanol–water partition coefficient (Wildman–Crippen LogP) is 4.12. The number of carbonyl (C=O) groups is 1. The molecule has 110 valence electrons. The van der Waals surface area contributed by atoms with Crippen LogP contribution < -0.4 is 0 Å². The summed E-state index contributed by atoms with van der Waals surface area (Å²) in [5.41, 5.74) is 1.12. The van der Waals surface area contributed by atoms with Crippen LogP contribution in [0.4, 0.5) is 0 Å². The summed E-state index contributed by atoms with van der Waals surface area (Å²) >= 11 is 6.08. The normalized spacial score (nSPS) is 22.2. The topological polar surface area (TPSA) is 40.5 Å². The smallest absolute Gasteiger partial charge is 0.320 e. The Hall–Kier alpha value is -1.06. The molecule has 3 nitrogen and oxygen atoms in total. The lowest BCUT2D eigenvalue weighted by Crippen LogP contribution is -2.43. The molecular weight excluding hydrogens is 274 g/mol. The quantitative estimate of drug-likeness (QED) is 0.908. The number of halogens is 1. The first kappa shape index (κ1) is 15.3. The molecule has 1 aliphatic heterocycles. The number of carboxylic acid groups (broad SMARTS) is 1. The molecule has 0 amide bonds. The Morgan fingerprint density at radius 3 is 2.90 bits per heavy atom. The summed E-state index contributed by atoms with van der Waals surface area (Å²) in [7, 11) is 0. The Kier molecular flexibility index (Phi) is 5.44. The minimum Gasteiger partial charge on any atom is -0.480 e. The number of hydrogen-bond donors (Lipinski definition) is 1. The third kappa shape index (κ3) is 3.53. The molecule has 0 bridgehead atoms. The maximum atomic E-state index is 11.6. The van der Waals surface area contributed by atoms with Crippen LogP contribution in [-0.2, 0) is 4.79 Å². The van der Waals surface area contributed by atoms with Crippen molar-refractivity contribution in [2.75, 3.05) is 6.54 Å². The van der Waals surface area contributed by atoms with E-state index < -0.39 is 5.97 Å². The Bertz CT molecular complexity index is 464. The van der Waals surface area contributed by atoms with Crippen LogP contribution in [0.5, 0.6) is 0 Å². The van der Waals surface area contributed by atoms with Crippen molar-refractivity contribution in [2.45, 2.75) is 51.1 Å². The third-order valence-corrected chi connectivity index (χ3v) is 4.33. The Morgan fingerprint density at radius 2 is 2.25 bits per heavy atom. The van der Waals surface area contributed by atoms with Gasteiger partial charge < -0.3 is 5.11 Å². The van der Waals surface area contributed by atoms with Crippen molar-refractivity contribution < 1.29 is 9.90 Å². The van der Waals surface area contributed by atoms with Gasteiger partial charge in [-0.2, -0.15) is 0 Å². The summed E-state index contributed by atoms with van der Waals surface area (Å²) in [6, 6.07) is 7.56. The minimum absolute atomic E-state index is 0.132. The SMILES string of the molecule is CCC(c1cccc(Cl)c1)N1CCCCCC1C(=O)O. The zero-order valence-electron chi connectivity index (χ0n) is 11.9. The van der Waals surface area contributed by atoms with Crippen LogP contribution in [0.25, 0.3) is 0 Å². The van der Waals surface area contributed by atoms with Crippen molar-refractivity contribution in [2.24, 2.45) is 0 Å². The summed E-state index contributed by atoms with van der Waals surface area (Å²) in [6.07, 6.45) is 4.82. The van der Waals surface area contributed by atoms with Gasteiger partial charge >= 0.3 is 5.97 Å². The molecule has 2 rings (SSSR count). The molecule has 1 aromatic rings. The van der Waals surface area contributed by atoms with Gasteiger partial charge in [-0.05, 0) is 43.5 Å². The van der Waals surface area contributed by atoms with Gasteiger partial charge in [0, 0.05) is 11.1 Å². The van der Waals surface area contributed by atoms with E-state index in [-0.39, 0.29) is 12.1 Å². The highest BCUT2D eigenvalue weighted by atomic mass is 35.5. The van der Waals surface area contributed by atoms with Crippen LogP contribution in [0.3, 0.4) is 0 Å². The van der Waals surface area contributed by atoms with Crippen molar-refractivity contribution in [3.8, 4) is 0 Å². The fourth-order valence-corrected chi connectivity index (χ4v) is 3.34. The van der Waals surface area contributed by atoms with E-state index in [1.807, 2.05) is 24.3 Å². The van der Waals surface area contributed by atoms with E-state index in [0.29, 0.717) is 5.02 Å². The van der Waals surface area contributed by atoms with E-state index in [1.54, 1.807) is 0 Å². The molecule has 0 aromatic heterocycles. The van der Waals surface area contributed by atoms with Crippen LogP contribution in [0, 0.1) is 0 Å². The predicted molar refractivity (Wildman–Crippen MR) is 81.1 cm³/mol. The molecule has 1 aromatic carbocycles. The van der Waals surface area contributed by atoms with E-state index in [9.17, 15) is 9.90 Å². The Balaban J connectivity index is 2.29. The average molecular weight is 296 g/mol. The second-order valence-corrected chi connectivity index (χ2v) is 5.86. The summed E-state index contributed by atoms with van der Waals surface area (Å²) < 4.78 is 0. The largest absolute Gasteiger partial charge is 0.480 e. The summed E-state index contributed by atoms with van der Waals surface area (Å²) in [5, 5.41) is 10.2. The number of hydrogen-bond acceptors (Lipinski definition) is 2. The number of nitrogens with zero attached hydrogens (tertiary/aromatic N) is 1. The lowest BCUT2D eigenvalue weighted by molar-refractivity contribution is -0.144.